The van der Waals surface area contributed by atoms with Crippen LogP contribution in [0.4, 0.5) is 24.7 Å². The molecule has 0 unspecified atom stereocenters. The van der Waals surface area contributed by atoms with Crippen LogP contribution >= 0.6 is 0 Å². The Labute approximate surface area is 202 Å². The number of hydrogen-bond acceptors (Lipinski definition) is 7. The molecule has 1 aromatic carbocycles. The number of likely N-dealkylation sites (tertiary alicyclic amines) is 1. The molecule has 1 aliphatic heterocycles. The minimum Gasteiger partial charge on any atom is -0.382 e. The highest BCUT2D eigenvalue weighted by atomic mass is 32.2. The van der Waals surface area contributed by atoms with Crippen molar-refractivity contribution in [2.24, 2.45) is 0 Å². The third kappa shape index (κ3) is 6.92. The quantitative estimate of drug-likeness (QED) is 0.471. The third-order valence-electron chi connectivity index (χ3n) is 5.55. The van der Waals surface area contributed by atoms with Crippen LogP contribution in [0.15, 0.2) is 41.8 Å². The Bertz CT molecular complexity index is 1230. The number of piperidine rings is 1. The van der Waals surface area contributed by atoms with E-state index in [9.17, 15) is 21.6 Å². The van der Waals surface area contributed by atoms with Crippen LogP contribution in [0.3, 0.4) is 0 Å². The predicted octanol–water partition coefficient (Wildman–Crippen LogP) is 4.07. The highest BCUT2D eigenvalue weighted by molar-refractivity contribution is 7.92. The number of sulfonamides is 1. The van der Waals surface area contributed by atoms with Crippen molar-refractivity contribution in [1.29, 1.82) is 0 Å². The lowest BCUT2D eigenvalue weighted by Gasteiger charge is -2.24. The summed E-state index contributed by atoms with van der Waals surface area (Å²) in [5.74, 6) is 0.158. The molecular weight excluding hydrogens is 483 g/mol. The summed E-state index contributed by atoms with van der Waals surface area (Å²) in [5.41, 5.74) is 5.10. The molecule has 0 bridgehead atoms. The number of benzene rings is 1. The number of aryl methyl sites for hydroxylation is 1. The summed E-state index contributed by atoms with van der Waals surface area (Å²) in [6, 6.07) is 4.14. The van der Waals surface area contributed by atoms with Crippen LogP contribution < -0.4 is 10.5 Å². The minimum absolute atomic E-state index is 0.113. The Hall–Kier alpha value is -3.19. The van der Waals surface area contributed by atoms with Gasteiger partial charge in [0.25, 0.3) is 10.0 Å². The number of halogens is 3. The molecule has 35 heavy (non-hydrogen) atoms. The summed E-state index contributed by atoms with van der Waals surface area (Å²) in [4.78, 5) is 8.51. The van der Waals surface area contributed by atoms with Gasteiger partial charge in [-0.15, -0.1) is 10.2 Å². The summed E-state index contributed by atoms with van der Waals surface area (Å²) in [6.45, 7) is 7.82. The van der Waals surface area contributed by atoms with Crippen LogP contribution in [0.2, 0.25) is 0 Å². The largest absolute Gasteiger partial charge is 0.416 e. The lowest BCUT2D eigenvalue weighted by molar-refractivity contribution is -0.137. The van der Waals surface area contributed by atoms with E-state index in [4.69, 9.17) is 5.73 Å². The van der Waals surface area contributed by atoms with Gasteiger partial charge in [-0.1, -0.05) is 19.4 Å². The van der Waals surface area contributed by atoms with Crippen molar-refractivity contribution >= 4 is 21.5 Å². The van der Waals surface area contributed by atoms with Crippen molar-refractivity contribution in [2.45, 2.75) is 44.3 Å². The van der Waals surface area contributed by atoms with Crippen molar-refractivity contribution in [2.75, 3.05) is 30.1 Å². The lowest BCUT2D eigenvalue weighted by Crippen LogP contribution is -2.29. The fourth-order valence-electron chi connectivity index (χ4n) is 3.52. The molecule has 0 aliphatic carbocycles. The molecule has 3 aromatic rings. The Morgan fingerprint density at radius 1 is 1.14 bits per heavy atom. The molecule has 4 rings (SSSR count). The van der Waals surface area contributed by atoms with E-state index in [1.165, 1.54) is 45.0 Å². The van der Waals surface area contributed by atoms with E-state index < -0.39 is 21.8 Å². The topological polar surface area (TPSA) is 130 Å². The molecule has 4 N–H and O–H groups in total. The number of aromatic amines is 1. The van der Waals surface area contributed by atoms with Crippen molar-refractivity contribution in [1.82, 2.24) is 25.1 Å². The van der Waals surface area contributed by atoms with Crippen molar-refractivity contribution in [3.05, 3.63) is 47.9 Å². The van der Waals surface area contributed by atoms with Crippen molar-refractivity contribution in [3.8, 4) is 11.3 Å². The smallest absolute Gasteiger partial charge is 0.382 e. The fourth-order valence-corrected chi connectivity index (χ4v) is 4.50. The van der Waals surface area contributed by atoms with E-state index in [0.717, 1.165) is 24.7 Å². The van der Waals surface area contributed by atoms with E-state index in [1.807, 2.05) is 0 Å². The first-order valence-corrected chi connectivity index (χ1v) is 12.5. The Morgan fingerprint density at radius 3 is 2.40 bits per heavy atom. The standard InChI is InChI=1S/C15H13F3N6O2S.C7H15N/c1-8-4-11(22-23-14(8)19)10-3-2-9(15(16,17)18)5-12(10)24-27(25,26)13-6-20-7-21-13;1-2-8-6-4-3-5-7-8/h2-7,24H,1H3,(H2,19,23)(H,20,21);2-7H2,1H3. The zero-order valence-corrected chi connectivity index (χ0v) is 20.2. The normalized spacial score (nSPS) is 14.8. The van der Waals surface area contributed by atoms with E-state index in [2.05, 4.69) is 36.7 Å². The average molecular weight is 512 g/mol. The maximum Gasteiger partial charge on any atom is 0.416 e. The Kier molecular flexibility index (Phi) is 8.33. The number of anilines is 2. The van der Waals surface area contributed by atoms with Crippen LogP contribution in [0.25, 0.3) is 11.3 Å². The number of nitrogens with two attached hydrogens (primary N) is 1. The second kappa shape index (κ2) is 11.0. The zero-order valence-electron chi connectivity index (χ0n) is 19.4. The summed E-state index contributed by atoms with van der Waals surface area (Å²) < 4.78 is 66.2. The first kappa shape index (κ1) is 26.4. The van der Waals surface area contributed by atoms with E-state index in [0.29, 0.717) is 11.6 Å². The number of rotatable bonds is 5. The van der Waals surface area contributed by atoms with Gasteiger partial charge in [-0.3, -0.25) is 4.72 Å². The van der Waals surface area contributed by atoms with Crippen LogP contribution in [-0.2, 0) is 16.2 Å². The Balaban J connectivity index is 0.000000363. The predicted molar refractivity (Wildman–Crippen MR) is 127 cm³/mol. The second-order valence-corrected chi connectivity index (χ2v) is 9.72. The van der Waals surface area contributed by atoms with Gasteiger partial charge in [-0.05, 0) is 63.2 Å². The lowest BCUT2D eigenvalue weighted by atomic mass is 10.0. The SMILES string of the molecule is CCN1CCCCC1.Cc1cc(-c2ccc(C(F)(F)F)cc2NS(=O)(=O)c2cnc[nH]2)nnc1N. The summed E-state index contributed by atoms with van der Waals surface area (Å²) in [6.07, 6.45) is 1.81. The fraction of sp³-hybridized carbons (Fsp3) is 0.409. The summed E-state index contributed by atoms with van der Waals surface area (Å²) >= 11 is 0. The molecule has 190 valence electrons. The monoisotopic (exact) mass is 511 g/mol. The maximum atomic E-state index is 13.1. The van der Waals surface area contributed by atoms with Gasteiger partial charge in [0.05, 0.1) is 29.5 Å². The van der Waals surface area contributed by atoms with Crippen LogP contribution in [0, 0.1) is 6.92 Å². The molecule has 13 heteroatoms. The number of nitrogen functional groups attached to an aromatic ring is 1. The number of imidazole rings is 1. The molecule has 0 atom stereocenters. The maximum absolute atomic E-state index is 13.1. The molecule has 1 aliphatic rings. The molecule has 1 fully saturated rings. The Morgan fingerprint density at radius 2 is 1.86 bits per heavy atom. The van der Waals surface area contributed by atoms with Crippen LogP contribution in [-0.4, -0.2) is 53.1 Å². The molecule has 1 saturated heterocycles. The number of nitrogens with zero attached hydrogens (tertiary/aromatic N) is 4. The molecule has 0 amide bonds. The van der Waals surface area contributed by atoms with Crippen LogP contribution in [0.1, 0.15) is 37.3 Å². The van der Waals surface area contributed by atoms with Gasteiger partial charge in [0.15, 0.2) is 5.03 Å². The number of nitrogens with one attached hydrogen (secondary N) is 2. The highest BCUT2D eigenvalue weighted by Gasteiger charge is 2.32. The van der Waals surface area contributed by atoms with E-state index in [-0.39, 0.29) is 27.8 Å². The molecule has 3 heterocycles. The van der Waals surface area contributed by atoms with Gasteiger partial charge < -0.3 is 15.6 Å². The molecule has 0 saturated carbocycles. The second-order valence-electron chi connectivity index (χ2n) is 8.07. The highest BCUT2D eigenvalue weighted by Crippen LogP contribution is 2.36. The number of H-pyrrole nitrogens is 1. The minimum atomic E-state index is -4.66. The van der Waals surface area contributed by atoms with Gasteiger partial charge in [-0.2, -0.15) is 21.6 Å². The summed E-state index contributed by atoms with van der Waals surface area (Å²) in [5, 5.41) is 7.27. The van der Waals surface area contributed by atoms with Gasteiger partial charge in [0, 0.05) is 5.56 Å². The van der Waals surface area contributed by atoms with Crippen LogP contribution in [0.5, 0.6) is 0 Å². The zero-order chi connectivity index (χ0) is 25.6. The van der Waals surface area contributed by atoms with Gasteiger partial charge in [0.2, 0.25) is 0 Å². The molecular formula is C22H28F3N7O2S. The number of alkyl halides is 3. The van der Waals surface area contributed by atoms with Gasteiger partial charge in [0.1, 0.15) is 5.82 Å². The van der Waals surface area contributed by atoms with E-state index >= 15 is 0 Å². The van der Waals surface area contributed by atoms with Crippen molar-refractivity contribution in [3.63, 3.8) is 0 Å². The molecule has 0 radical (unpaired) electrons. The number of hydrogen-bond donors (Lipinski definition) is 3. The first-order valence-electron chi connectivity index (χ1n) is 11.1. The van der Waals surface area contributed by atoms with E-state index in [1.54, 1.807) is 6.92 Å². The number of aromatic nitrogens is 4. The molecule has 9 nitrogen and oxygen atoms in total. The van der Waals surface area contributed by atoms with Gasteiger partial charge >= 0.3 is 6.18 Å². The molecule has 2 aromatic heterocycles. The summed E-state index contributed by atoms with van der Waals surface area (Å²) in [7, 11) is -4.19. The first-order chi connectivity index (χ1) is 16.5. The third-order valence-corrected chi connectivity index (χ3v) is 6.84. The average Bonchev–Trinajstić information content (AvgIpc) is 3.37. The van der Waals surface area contributed by atoms with Gasteiger partial charge in [-0.25, -0.2) is 4.98 Å². The molecule has 0 spiro atoms. The van der Waals surface area contributed by atoms with Crippen molar-refractivity contribution < 1.29 is 21.6 Å².